The van der Waals surface area contributed by atoms with Crippen LogP contribution in [0.1, 0.15) is 23.0 Å². The maximum absolute atomic E-state index is 12.1. The van der Waals surface area contributed by atoms with E-state index in [0.717, 1.165) is 0 Å². The number of ether oxygens (including phenoxy) is 2. The third-order valence-electron chi connectivity index (χ3n) is 2.48. The SMILES string of the molecule is COC[C@@H](C)OC(=O)c1c(C)nn2cccnc12. The Labute approximate surface area is 105 Å². The van der Waals surface area contributed by atoms with E-state index in [4.69, 9.17) is 9.47 Å². The Morgan fingerprint density at radius 3 is 3.06 bits per heavy atom. The molecular weight excluding hydrogens is 234 g/mol. The van der Waals surface area contributed by atoms with Gasteiger partial charge in [-0.1, -0.05) is 0 Å². The topological polar surface area (TPSA) is 65.7 Å². The van der Waals surface area contributed by atoms with E-state index in [9.17, 15) is 4.79 Å². The number of nitrogens with zero attached hydrogens (tertiary/aromatic N) is 3. The molecule has 0 saturated carbocycles. The summed E-state index contributed by atoms with van der Waals surface area (Å²) < 4.78 is 11.8. The Morgan fingerprint density at radius 2 is 2.33 bits per heavy atom. The lowest BCUT2D eigenvalue weighted by molar-refractivity contribution is 0.0121. The molecule has 0 aliphatic heterocycles. The number of esters is 1. The summed E-state index contributed by atoms with van der Waals surface area (Å²) >= 11 is 0. The highest BCUT2D eigenvalue weighted by molar-refractivity contribution is 5.97. The molecule has 0 unspecified atom stereocenters. The van der Waals surface area contributed by atoms with Gasteiger partial charge in [0.1, 0.15) is 11.7 Å². The number of hydrogen-bond donors (Lipinski definition) is 0. The van der Waals surface area contributed by atoms with Gasteiger partial charge in [0.25, 0.3) is 0 Å². The average molecular weight is 249 g/mol. The van der Waals surface area contributed by atoms with Crippen LogP contribution in [0.3, 0.4) is 0 Å². The van der Waals surface area contributed by atoms with Gasteiger partial charge in [-0.05, 0) is 19.9 Å². The van der Waals surface area contributed by atoms with Crippen molar-refractivity contribution in [2.45, 2.75) is 20.0 Å². The highest BCUT2D eigenvalue weighted by atomic mass is 16.6. The van der Waals surface area contributed by atoms with E-state index in [1.165, 1.54) is 0 Å². The third kappa shape index (κ3) is 2.33. The molecule has 2 aromatic heterocycles. The van der Waals surface area contributed by atoms with Gasteiger partial charge < -0.3 is 9.47 Å². The van der Waals surface area contributed by atoms with Gasteiger partial charge in [-0.25, -0.2) is 14.3 Å². The summed E-state index contributed by atoms with van der Waals surface area (Å²) in [5.74, 6) is -0.425. The zero-order chi connectivity index (χ0) is 13.1. The first kappa shape index (κ1) is 12.5. The van der Waals surface area contributed by atoms with E-state index in [2.05, 4.69) is 10.1 Å². The molecule has 0 spiro atoms. The lowest BCUT2D eigenvalue weighted by Gasteiger charge is -2.11. The second-order valence-electron chi connectivity index (χ2n) is 4.02. The first-order chi connectivity index (χ1) is 8.63. The first-order valence-electron chi connectivity index (χ1n) is 5.63. The Kier molecular flexibility index (Phi) is 3.57. The van der Waals surface area contributed by atoms with Crippen LogP contribution < -0.4 is 0 Å². The Bertz CT molecular complexity index is 565. The van der Waals surface area contributed by atoms with Gasteiger partial charge in [0.05, 0.1) is 12.3 Å². The van der Waals surface area contributed by atoms with Crippen LogP contribution in [-0.2, 0) is 9.47 Å². The molecular formula is C12H15N3O3. The maximum atomic E-state index is 12.1. The fraction of sp³-hybridized carbons (Fsp3) is 0.417. The minimum Gasteiger partial charge on any atom is -0.456 e. The largest absolute Gasteiger partial charge is 0.456 e. The predicted molar refractivity (Wildman–Crippen MR) is 64.5 cm³/mol. The number of fused-ring (bicyclic) bond motifs is 1. The van der Waals surface area contributed by atoms with E-state index in [0.29, 0.717) is 23.5 Å². The molecule has 0 bridgehead atoms. The van der Waals surface area contributed by atoms with Crippen molar-refractivity contribution in [2.75, 3.05) is 13.7 Å². The van der Waals surface area contributed by atoms with Gasteiger partial charge in [-0.3, -0.25) is 0 Å². The fourth-order valence-electron chi connectivity index (χ4n) is 1.75. The van der Waals surface area contributed by atoms with Gasteiger partial charge >= 0.3 is 5.97 Å². The number of hydrogen-bond acceptors (Lipinski definition) is 5. The van der Waals surface area contributed by atoms with E-state index in [1.54, 1.807) is 43.9 Å². The van der Waals surface area contributed by atoms with Crippen molar-refractivity contribution in [3.63, 3.8) is 0 Å². The van der Waals surface area contributed by atoms with Crippen LogP contribution in [0.4, 0.5) is 0 Å². The van der Waals surface area contributed by atoms with Crippen molar-refractivity contribution in [3.05, 3.63) is 29.7 Å². The molecule has 96 valence electrons. The second kappa shape index (κ2) is 5.14. The Morgan fingerprint density at radius 1 is 1.56 bits per heavy atom. The third-order valence-corrected chi connectivity index (χ3v) is 2.48. The number of aryl methyl sites for hydroxylation is 1. The summed E-state index contributed by atoms with van der Waals surface area (Å²) in [5.41, 5.74) is 1.51. The highest BCUT2D eigenvalue weighted by Crippen LogP contribution is 2.14. The van der Waals surface area contributed by atoms with E-state index < -0.39 is 5.97 Å². The van der Waals surface area contributed by atoms with Crippen molar-refractivity contribution in [3.8, 4) is 0 Å². The first-order valence-corrected chi connectivity index (χ1v) is 5.63. The van der Waals surface area contributed by atoms with Crippen LogP contribution in [-0.4, -0.2) is 40.4 Å². The van der Waals surface area contributed by atoms with Gasteiger partial charge in [0, 0.05) is 19.5 Å². The van der Waals surface area contributed by atoms with Crippen molar-refractivity contribution < 1.29 is 14.3 Å². The molecule has 0 amide bonds. The fourth-order valence-corrected chi connectivity index (χ4v) is 1.75. The molecule has 0 N–H and O–H groups in total. The van der Waals surface area contributed by atoms with Crippen molar-refractivity contribution in [2.24, 2.45) is 0 Å². The number of aromatic nitrogens is 3. The summed E-state index contributed by atoms with van der Waals surface area (Å²) in [6.45, 7) is 3.89. The summed E-state index contributed by atoms with van der Waals surface area (Å²) in [6.07, 6.45) is 3.05. The standard InChI is InChI=1S/C12H15N3O3/c1-8(7-17-3)18-12(16)10-9(2)14-15-6-4-5-13-11(10)15/h4-6,8H,7H2,1-3H3/t8-/m1/s1. The zero-order valence-corrected chi connectivity index (χ0v) is 10.6. The molecule has 18 heavy (non-hydrogen) atoms. The van der Waals surface area contributed by atoms with Crippen LogP contribution in [0.15, 0.2) is 18.5 Å². The summed E-state index contributed by atoms with van der Waals surface area (Å²) in [4.78, 5) is 16.2. The smallest absolute Gasteiger partial charge is 0.344 e. The minimum absolute atomic E-state index is 0.305. The maximum Gasteiger partial charge on any atom is 0.344 e. The van der Waals surface area contributed by atoms with Crippen LogP contribution >= 0.6 is 0 Å². The van der Waals surface area contributed by atoms with Crippen LogP contribution in [0, 0.1) is 6.92 Å². The minimum atomic E-state index is -0.425. The second-order valence-corrected chi connectivity index (χ2v) is 4.02. The number of carbonyl (C=O) groups is 1. The normalized spacial score (nSPS) is 12.6. The molecule has 1 atom stereocenters. The summed E-state index contributed by atoms with van der Waals surface area (Å²) in [7, 11) is 1.56. The van der Waals surface area contributed by atoms with Gasteiger partial charge in [-0.15, -0.1) is 0 Å². The molecule has 6 heteroatoms. The van der Waals surface area contributed by atoms with Crippen LogP contribution in [0.5, 0.6) is 0 Å². The van der Waals surface area contributed by atoms with Gasteiger partial charge in [-0.2, -0.15) is 5.10 Å². The summed E-state index contributed by atoms with van der Waals surface area (Å²) in [5, 5.41) is 4.21. The molecule has 0 radical (unpaired) electrons. The summed E-state index contributed by atoms with van der Waals surface area (Å²) in [6, 6.07) is 1.75. The number of carbonyl (C=O) groups excluding carboxylic acids is 1. The monoisotopic (exact) mass is 249 g/mol. The van der Waals surface area contributed by atoms with Crippen molar-refractivity contribution in [1.29, 1.82) is 0 Å². The number of methoxy groups -OCH3 is 1. The number of rotatable bonds is 4. The Hall–Kier alpha value is -1.95. The van der Waals surface area contributed by atoms with Gasteiger partial charge in [0.15, 0.2) is 5.65 Å². The molecule has 0 saturated heterocycles. The van der Waals surface area contributed by atoms with Crippen LogP contribution in [0.25, 0.3) is 5.65 Å². The lowest BCUT2D eigenvalue weighted by Crippen LogP contribution is -2.20. The quantitative estimate of drug-likeness (QED) is 0.762. The van der Waals surface area contributed by atoms with Crippen molar-refractivity contribution in [1.82, 2.24) is 14.6 Å². The van der Waals surface area contributed by atoms with Crippen molar-refractivity contribution >= 4 is 11.6 Å². The van der Waals surface area contributed by atoms with Gasteiger partial charge in [0.2, 0.25) is 0 Å². The van der Waals surface area contributed by atoms with E-state index >= 15 is 0 Å². The molecule has 2 aromatic rings. The molecule has 2 rings (SSSR count). The zero-order valence-electron chi connectivity index (χ0n) is 10.6. The van der Waals surface area contributed by atoms with E-state index in [1.807, 2.05) is 0 Å². The molecule has 6 nitrogen and oxygen atoms in total. The van der Waals surface area contributed by atoms with E-state index in [-0.39, 0.29) is 6.10 Å². The molecule has 0 aliphatic carbocycles. The molecule has 2 heterocycles. The van der Waals surface area contributed by atoms with Crippen LogP contribution in [0.2, 0.25) is 0 Å². The average Bonchev–Trinajstić information content (AvgIpc) is 2.64. The molecule has 0 aromatic carbocycles. The highest BCUT2D eigenvalue weighted by Gasteiger charge is 2.21. The Balaban J connectivity index is 2.30. The molecule has 0 fully saturated rings. The molecule has 0 aliphatic rings. The lowest BCUT2D eigenvalue weighted by atomic mass is 10.2. The predicted octanol–water partition coefficient (Wildman–Crippen LogP) is 1.23.